The number of imide groups is 1. The summed E-state index contributed by atoms with van der Waals surface area (Å²) < 4.78 is 52.2. The second-order valence-corrected chi connectivity index (χ2v) is 16.0. The molecule has 2 atom stereocenters. The maximum atomic E-state index is 13.6. The zero-order chi connectivity index (χ0) is 31.1. The zero-order valence-electron chi connectivity index (χ0n) is 24.5. The largest absolute Gasteiger partial charge is 0.325 e. The summed E-state index contributed by atoms with van der Waals surface area (Å²) in [7, 11) is -6.98. The molecule has 3 amide bonds. The average Bonchev–Trinajstić information content (AvgIpc) is 3.54. The van der Waals surface area contributed by atoms with Crippen LogP contribution in [0.25, 0.3) is 0 Å². The number of hydrogen-bond donors (Lipinski definition) is 1. The number of carbonyl (C=O) groups excluding carboxylic acids is 2. The Morgan fingerprint density at radius 3 is 2.02 bits per heavy atom. The molecule has 2 unspecified atom stereocenters. The highest BCUT2D eigenvalue weighted by Crippen LogP contribution is 2.38. The number of amides is 3. The van der Waals surface area contributed by atoms with Crippen LogP contribution in [0.5, 0.6) is 0 Å². The lowest BCUT2D eigenvalue weighted by Gasteiger charge is -2.39. The number of sulfonamides is 1. The maximum absolute atomic E-state index is 13.6. The molecular weight excluding hydrogens is 601 g/mol. The van der Waals surface area contributed by atoms with Crippen LogP contribution in [-0.2, 0) is 31.2 Å². The quantitative estimate of drug-likeness (QED) is 0.377. The minimum absolute atomic E-state index is 0.0305. The molecule has 1 spiro atoms. The molecule has 3 aliphatic rings. The van der Waals surface area contributed by atoms with Gasteiger partial charge in [-0.1, -0.05) is 60.7 Å². The third kappa shape index (κ3) is 5.91. The number of benzene rings is 3. The number of carbonyl (C=O) groups is 2. The first-order valence-electron chi connectivity index (χ1n) is 14.7. The number of hydrogen-bond acceptors (Lipinski definition) is 7. The van der Waals surface area contributed by atoms with Crippen molar-refractivity contribution >= 4 is 31.8 Å². The SMILES string of the molecule is CS(=O)(=O)c1ccc(CN2C(=O)NC3(CCN(CC4CN(S(=O)(=O)c5ccccc5)CC4c4ccccc4)CC3)C2=O)cc1. The zero-order valence-corrected chi connectivity index (χ0v) is 26.1. The maximum Gasteiger partial charge on any atom is 0.325 e. The second kappa shape index (κ2) is 11.7. The first kappa shape index (κ1) is 30.4. The van der Waals surface area contributed by atoms with E-state index in [1.807, 2.05) is 18.2 Å². The van der Waals surface area contributed by atoms with E-state index >= 15 is 0 Å². The number of sulfone groups is 1. The van der Waals surface area contributed by atoms with Gasteiger partial charge in [-0.15, -0.1) is 0 Å². The summed E-state index contributed by atoms with van der Waals surface area (Å²) in [4.78, 5) is 30.4. The number of likely N-dealkylation sites (tertiary alicyclic amines) is 1. The van der Waals surface area contributed by atoms with E-state index in [9.17, 15) is 26.4 Å². The first-order valence-corrected chi connectivity index (χ1v) is 18.1. The smallest absolute Gasteiger partial charge is 0.323 e. The molecule has 0 radical (unpaired) electrons. The lowest BCUT2D eigenvalue weighted by atomic mass is 9.85. The summed E-state index contributed by atoms with van der Waals surface area (Å²) >= 11 is 0. The normalized spacial score (nSPS) is 22.9. The van der Waals surface area contributed by atoms with Gasteiger partial charge in [0.25, 0.3) is 5.91 Å². The monoisotopic (exact) mass is 636 g/mol. The molecular formula is C32H36N4O6S2. The van der Waals surface area contributed by atoms with Crippen LogP contribution in [0, 0.1) is 5.92 Å². The molecule has 3 saturated heterocycles. The lowest BCUT2D eigenvalue weighted by molar-refractivity contribution is -0.133. The van der Waals surface area contributed by atoms with Crippen LogP contribution in [0.3, 0.4) is 0 Å². The lowest BCUT2D eigenvalue weighted by Crippen LogP contribution is -2.55. The average molecular weight is 637 g/mol. The number of rotatable bonds is 8. The van der Waals surface area contributed by atoms with E-state index in [0.717, 1.165) is 11.8 Å². The van der Waals surface area contributed by atoms with Crippen LogP contribution in [0.4, 0.5) is 4.79 Å². The van der Waals surface area contributed by atoms with Gasteiger partial charge >= 0.3 is 6.03 Å². The Hall–Kier alpha value is -3.58. The Labute approximate surface area is 258 Å². The third-order valence-electron chi connectivity index (χ3n) is 9.16. The van der Waals surface area contributed by atoms with Gasteiger partial charge in [-0.3, -0.25) is 9.69 Å². The van der Waals surface area contributed by atoms with Gasteiger partial charge in [0.05, 0.1) is 16.3 Å². The standard InChI is InChI=1S/C32H36N4O6S2/c1-43(39,40)27-14-12-24(13-15-27)20-36-30(37)32(33-31(36)38)16-18-34(19-17-32)21-26-22-35(23-29(26)25-8-4-2-5-9-25)44(41,42)28-10-6-3-7-11-28/h2-15,26,29H,16-23H2,1H3,(H,33,38). The fourth-order valence-corrected chi connectivity index (χ4v) is 8.84. The summed E-state index contributed by atoms with van der Waals surface area (Å²) in [6.07, 6.45) is 2.04. The van der Waals surface area contributed by atoms with Crippen LogP contribution >= 0.6 is 0 Å². The fourth-order valence-electron chi connectivity index (χ4n) is 6.66. The molecule has 0 bridgehead atoms. The number of nitrogens with one attached hydrogen (secondary N) is 1. The van der Waals surface area contributed by atoms with Gasteiger partial charge in [0.15, 0.2) is 9.84 Å². The van der Waals surface area contributed by atoms with E-state index in [1.54, 1.807) is 46.8 Å². The summed E-state index contributed by atoms with van der Waals surface area (Å²) in [6, 6.07) is 24.3. The van der Waals surface area contributed by atoms with Crippen LogP contribution in [0.2, 0.25) is 0 Å². The van der Waals surface area contributed by atoms with Crippen molar-refractivity contribution in [3.05, 3.63) is 96.1 Å². The molecule has 1 N–H and O–H groups in total. The van der Waals surface area contributed by atoms with Crippen molar-refractivity contribution in [1.29, 1.82) is 0 Å². The van der Waals surface area contributed by atoms with Gasteiger partial charge in [-0.2, -0.15) is 4.31 Å². The van der Waals surface area contributed by atoms with Crippen molar-refractivity contribution in [3.63, 3.8) is 0 Å². The van der Waals surface area contributed by atoms with Crippen LogP contribution in [0.15, 0.2) is 94.7 Å². The van der Waals surface area contributed by atoms with Gasteiger partial charge in [-0.05, 0) is 54.2 Å². The molecule has 6 rings (SSSR count). The number of urea groups is 1. The van der Waals surface area contributed by atoms with Crippen LogP contribution < -0.4 is 5.32 Å². The molecule has 3 aliphatic heterocycles. The fraction of sp³-hybridized carbons (Fsp3) is 0.375. The molecule has 3 aromatic carbocycles. The van der Waals surface area contributed by atoms with E-state index in [4.69, 9.17) is 0 Å². The summed E-state index contributed by atoms with van der Waals surface area (Å²) in [6.45, 7) is 2.72. The number of nitrogens with zero attached hydrogens (tertiary/aromatic N) is 3. The topological polar surface area (TPSA) is 124 Å². The predicted octanol–water partition coefficient (Wildman–Crippen LogP) is 3.08. The van der Waals surface area contributed by atoms with E-state index in [0.29, 0.717) is 56.0 Å². The second-order valence-electron chi connectivity index (χ2n) is 12.0. The van der Waals surface area contributed by atoms with E-state index < -0.39 is 31.4 Å². The van der Waals surface area contributed by atoms with Crippen LogP contribution in [-0.4, -0.2) is 87.4 Å². The van der Waals surface area contributed by atoms with Crippen molar-refractivity contribution in [3.8, 4) is 0 Å². The highest BCUT2D eigenvalue weighted by molar-refractivity contribution is 7.90. The molecule has 12 heteroatoms. The Bertz CT molecular complexity index is 1740. The van der Waals surface area contributed by atoms with Gasteiger partial charge in [0.1, 0.15) is 5.54 Å². The molecule has 3 heterocycles. The summed E-state index contributed by atoms with van der Waals surface area (Å²) in [5.41, 5.74) is 0.797. The summed E-state index contributed by atoms with van der Waals surface area (Å²) in [5, 5.41) is 2.95. The highest BCUT2D eigenvalue weighted by atomic mass is 32.2. The Morgan fingerprint density at radius 1 is 0.795 bits per heavy atom. The molecule has 232 valence electrons. The molecule has 10 nitrogen and oxygen atoms in total. The van der Waals surface area contributed by atoms with Crippen molar-refractivity contribution in [2.24, 2.45) is 5.92 Å². The van der Waals surface area contributed by atoms with Gasteiger partial charge < -0.3 is 10.2 Å². The molecule has 3 aromatic rings. The van der Waals surface area contributed by atoms with E-state index in [1.165, 1.54) is 17.0 Å². The minimum Gasteiger partial charge on any atom is -0.323 e. The molecule has 0 aliphatic carbocycles. The van der Waals surface area contributed by atoms with Crippen molar-refractivity contribution in [2.45, 2.75) is 40.6 Å². The Kier molecular flexibility index (Phi) is 8.12. The van der Waals surface area contributed by atoms with Gasteiger partial charge in [-0.25, -0.2) is 21.6 Å². The number of piperidine rings is 1. The third-order valence-corrected chi connectivity index (χ3v) is 12.1. The van der Waals surface area contributed by atoms with Crippen molar-refractivity contribution in [2.75, 3.05) is 39.0 Å². The van der Waals surface area contributed by atoms with Crippen LogP contribution in [0.1, 0.15) is 29.9 Å². The van der Waals surface area contributed by atoms with E-state index in [2.05, 4.69) is 22.3 Å². The van der Waals surface area contributed by atoms with Gasteiger partial charge in [0.2, 0.25) is 10.0 Å². The summed E-state index contributed by atoms with van der Waals surface area (Å²) in [5.74, 6) is -0.175. The predicted molar refractivity (Wildman–Crippen MR) is 165 cm³/mol. The Balaban J connectivity index is 1.12. The Morgan fingerprint density at radius 2 is 1.41 bits per heavy atom. The molecule has 0 aromatic heterocycles. The van der Waals surface area contributed by atoms with Crippen molar-refractivity contribution in [1.82, 2.24) is 19.4 Å². The molecule has 44 heavy (non-hydrogen) atoms. The molecule has 0 saturated carbocycles. The van der Waals surface area contributed by atoms with Crippen molar-refractivity contribution < 1.29 is 26.4 Å². The molecule has 3 fully saturated rings. The van der Waals surface area contributed by atoms with E-state index in [-0.39, 0.29) is 29.2 Å². The van der Waals surface area contributed by atoms with Gasteiger partial charge in [0, 0.05) is 44.9 Å². The minimum atomic E-state index is -3.64. The first-order chi connectivity index (χ1) is 21.0. The highest BCUT2D eigenvalue weighted by Gasteiger charge is 2.52.